The van der Waals surface area contributed by atoms with Crippen LogP contribution in [0.25, 0.3) is 12.2 Å². The van der Waals surface area contributed by atoms with E-state index in [0.29, 0.717) is 22.3 Å². The van der Waals surface area contributed by atoms with Gasteiger partial charge in [-0.3, -0.25) is 9.89 Å². The van der Waals surface area contributed by atoms with Gasteiger partial charge in [0.25, 0.3) is 5.91 Å². The summed E-state index contributed by atoms with van der Waals surface area (Å²) in [7, 11) is 1.63. The Morgan fingerprint density at radius 2 is 2.00 bits per heavy atom. The second kappa shape index (κ2) is 8.30. The van der Waals surface area contributed by atoms with Crippen molar-refractivity contribution in [3.05, 3.63) is 77.1 Å². The van der Waals surface area contributed by atoms with E-state index < -0.39 is 0 Å². The number of thioether (sulfide) groups is 1. The lowest BCUT2D eigenvalue weighted by molar-refractivity contribution is 0.0963. The molecule has 5 nitrogen and oxygen atoms in total. The van der Waals surface area contributed by atoms with Crippen molar-refractivity contribution in [1.29, 1.82) is 0 Å². The van der Waals surface area contributed by atoms with Gasteiger partial charge in [-0.1, -0.05) is 60.3 Å². The minimum Gasteiger partial charge on any atom is -0.355 e. The van der Waals surface area contributed by atoms with Crippen molar-refractivity contribution in [2.45, 2.75) is 10.9 Å². The van der Waals surface area contributed by atoms with Gasteiger partial charge in [0.2, 0.25) is 5.16 Å². The van der Waals surface area contributed by atoms with Gasteiger partial charge in [0.15, 0.2) is 0 Å². The smallest absolute Gasteiger partial charge is 0.251 e. The molecule has 1 aromatic heterocycles. The number of benzene rings is 2. The predicted molar refractivity (Wildman–Crippen MR) is 101 cm³/mol. The van der Waals surface area contributed by atoms with E-state index in [9.17, 15) is 4.79 Å². The molecule has 0 aliphatic rings. The van der Waals surface area contributed by atoms with Crippen LogP contribution >= 0.6 is 11.8 Å². The predicted octanol–water partition coefficient (Wildman–Crippen LogP) is 3.63. The number of nitrogens with one attached hydrogen (secondary N) is 2. The quantitative estimate of drug-likeness (QED) is 0.666. The van der Waals surface area contributed by atoms with Gasteiger partial charge in [0.05, 0.1) is 0 Å². The maximum atomic E-state index is 11.7. The highest BCUT2D eigenvalue weighted by Gasteiger charge is 2.06. The molecule has 0 aliphatic heterocycles. The average molecular weight is 350 g/mol. The van der Waals surface area contributed by atoms with Crippen LogP contribution in [0.1, 0.15) is 27.3 Å². The zero-order chi connectivity index (χ0) is 17.5. The highest BCUT2D eigenvalue weighted by molar-refractivity contribution is 7.98. The van der Waals surface area contributed by atoms with Gasteiger partial charge >= 0.3 is 0 Å². The Morgan fingerprint density at radius 3 is 2.80 bits per heavy atom. The Balaban J connectivity index is 1.60. The Kier molecular flexibility index (Phi) is 5.64. The van der Waals surface area contributed by atoms with E-state index in [1.807, 2.05) is 60.7 Å². The van der Waals surface area contributed by atoms with Crippen molar-refractivity contribution in [2.75, 3.05) is 7.05 Å². The molecule has 126 valence electrons. The van der Waals surface area contributed by atoms with Crippen molar-refractivity contribution in [3.8, 4) is 0 Å². The number of hydrogen-bond donors (Lipinski definition) is 2. The van der Waals surface area contributed by atoms with Gasteiger partial charge in [-0.15, -0.1) is 5.10 Å². The van der Waals surface area contributed by atoms with Crippen molar-refractivity contribution in [3.63, 3.8) is 0 Å². The summed E-state index contributed by atoms with van der Waals surface area (Å²) in [5.41, 5.74) is 2.82. The lowest BCUT2D eigenvalue weighted by Crippen LogP contribution is -2.17. The summed E-state index contributed by atoms with van der Waals surface area (Å²) in [6.07, 6.45) is 3.89. The van der Waals surface area contributed by atoms with E-state index in [1.54, 1.807) is 13.1 Å². The van der Waals surface area contributed by atoms with E-state index in [2.05, 4.69) is 20.5 Å². The minimum atomic E-state index is -0.0851. The first-order valence-electron chi connectivity index (χ1n) is 7.84. The first kappa shape index (κ1) is 17.0. The van der Waals surface area contributed by atoms with Gasteiger partial charge < -0.3 is 5.32 Å². The molecule has 1 heterocycles. The number of aromatic amines is 1. The summed E-state index contributed by atoms with van der Waals surface area (Å²) < 4.78 is 0. The first-order valence-corrected chi connectivity index (χ1v) is 8.82. The molecule has 0 atom stereocenters. The van der Waals surface area contributed by atoms with Crippen LogP contribution in [0.3, 0.4) is 0 Å². The van der Waals surface area contributed by atoms with Gasteiger partial charge in [-0.25, -0.2) is 4.98 Å². The van der Waals surface area contributed by atoms with E-state index in [0.717, 1.165) is 11.1 Å². The highest BCUT2D eigenvalue weighted by atomic mass is 32.2. The van der Waals surface area contributed by atoms with Crippen LogP contribution in [0.5, 0.6) is 0 Å². The van der Waals surface area contributed by atoms with Crippen molar-refractivity contribution < 1.29 is 4.79 Å². The van der Waals surface area contributed by atoms with Gasteiger partial charge in [-0.2, -0.15) is 0 Å². The molecule has 2 N–H and O–H groups in total. The summed E-state index contributed by atoms with van der Waals surface area (Å²) in [5, 5.41) is 10.4. The number of hydrogen-bond acceptors (Lipinski definition) is 4. The average Bonchev–Trinajstić information content (AvgIpc) is 3.13. The van der Waals surface area contributed by atoms with Gasteiger partial charge in [-0.05, 0) is 29.3 Å². The molecule has 6 heteroatoms. The normalized spacial score (nSPS) is 10.9. The molecular formula is C19H18N4OS. The molecular weight excluding hydrogens is 332 g/mol. The molecule has 2 aromatic carbocycles. The SMILES string of the molecule is CNC(=O)c1cccc(CSc2n[nH]c(/C=C/c3ccccc3)n2)c1. The highest BCUT2D eigenvalue weighted by Crippen LogP contribution is 2.20. The monoisotopic (exact) mass is 350 g/mol. The zero-order valence-electron chi connectivity index (χ0n) is 13.8. The number of nitrogens with zero attached hydrogens (tertiary/aromatic N) is 2. The summed E-state index contributed by atoms with van der Waals surface area (Å²) in [6, 6.07) is 17.6. The molecule has 25 heavy (non-hydrogen) atoms. The minimum absolute atomic E-state index is 0.0851. The molecule has 0 saturated carbocycles. The van der Waals surface area contributed by atoms with Crippen LogP contribution in [-0.4, -0.2) is 28.1 Å². The molecule has 0 saturated heterocycles. The third-order valence-electron chi connectivity index (χ3n) is 3.50. The lowest BCUT2D eigenvalue weighted by Gasteiger charge is -2.03. The van der Waals surface area contributed by atoms with Crippen LogP contribution in [0.15, 0.2) is 59.8 Å². The molecule has 0 unspecified atom stereocenters. The standard InChI is InChI=1S/C19H18N4OS/c1-20-18(24)16-9-5-8-15(12-16)13-25-19-21-17(22-23-19)11-10-14-6-3-2-4-7-14/h2-12H,13H2,1H3,(H,20,24)(H,21,22,23)/b11-10+. The Labute approximate surface area is 150 Å². The lowest BCUT2D eigenvalue weighted by atomic mass is 10.1. The molecule has 0 fully saturated rings. The maximum absolute atomic E-state index is 11.7. The summed E-state index contributed by atoms with van der Waals surface area (Å²) in [6.45, 7) is 0. The Morgan fingerprint density at radius 1 is 1.16 bits per heavy atom. The van der Waals surface area contributed by atoms with E-state index in [-0.39, 0.29) is 5.91 Å². The largest absolute Gasteiger partial charge is 0.355 e. The summed E-state index contributed by atoms with van der Waals surface area (Å²) in [5.74, 6) is 1.33. The third-order valence-corrected chi connectivity index (χ3v) is 4.42. The molecule has 0 radical (unpaired) electrons. The fraction of sp³-hybridized carbons (Fsp3) is 0.105. The van der Waals surface area contributed by atoms with E-state index in [1.165, 1.54) is 11.8 Å². The molecule has 0 spiro atoms. The van der Waals surface area contributed by atoms with Crippen LogP contribution in [0.4, 0.5) is 0 Å². The number of rotatable bonds is 6. The number of H-pyrrole nitrogens is 1. The van der Waals surface area contributed by atoms with Gasteiger partial charge in [0, 0.05) is 18.4 Å². The second-order valence-electron chi connectivity index (χ2n) is 5.32. The van der Waals surface area contributed by atoms with Crippen LogP contribution < -0.4 is 5.32 Å². The second-order valence-corrected chi connectivity index (χ2v) is 6.26. The topological polar surface area (TPSA) is 70.7 Å². The number of amides is 1. The third kappa shape index (κ3) is 4.81. The van der Waals surface area contributed by atoms with E-state index >= 15 is 0 Å². The first-order chi connectivity index (χ1) is 12.2. The zero-order valence-corrected chi connectivity index (χ0v) is 14.6. The maximum Gasteiger partial charge on any atom is 0.251 e. The molecule has 3 rings (SSSR count). The number of aromatic nitrogens is 3. The fourth-order valence-electron chi connectivity index (χ4n) is 2.23. The molecule has 3 aromatic rings. The van der Waals surface area contributed by atoms with E-state index in [4.69, 9.17) is 0 Å². The summed E-state index contributed by atoms with van der Waals surface area (Å²) in [4.78, 5) is 16.1. The van der Waals surface area contributed by atoms with Crippen LogP contribution in [0, 0.1) is 0 Å². The van der Waals surface area contributed by atoms with Crippen LogP contribution in [0.2, 0.25) is 0 Å². The van der Waals surface area contributed by atoms with Crippen LogP contribution in [-0.2, 0) is 5.75 Å². The Bertz CT molecular complexity index is 874. The van der Waals surface area contributed by atoms with Gasteiger partial charge in [0.1, 0.15) is 5.82 Å². The fourth-order valence-corrected chi connectivity index (χ4v) is 2.98. The van der Waals surface area contributed by atoms with Crippen molar-refractivity contribution >= 4 is 29.8 Å². The summed E-state index contributed by atoms with van der Waals surface area (Å²) >= 11 is 1.52. The van der Waals surface area contributed by atoms with Crippen molar-refractivity contribution in [2.24, 2.45) is 0 Å². The molecule has 1 amide bonds. The number of carbonyl (C=O) groups is 1. The number of carbonyl (C=O) groups excluding carboxylic acids is 1. The van der Waals surface area contributed by atoms with Crippen molar-refractivity contribution in [1.82, 2.24) is 20.5 Å². The Hall–Kier alpha value is -2.86. The molecule has 0 bridgehead atoms. The molecule has 0 aliphatic carbocycles.